The van der Waals surface area contributed by atoms with Gasteiger partial charge in [0, 0.05) is 25.9 Å². The van der Waals surface area contributed by atoms with Gasteiger partial charge >= 0.3 is 0 Å². The third-order valence-electron chi connectivity index (χ3n) is 5.64. The Hall–Kier alpha value is -2.71. The minimum absolute atomic E-state index is 0.0385. The molecule has 1 aliphatic rings. The number of benzene rings is 1. The van der Waals surface area contributed by atoms with Gasteiger partial charge in [-0.3, -0.25) is 9.69 Å². The van der Waals surface area contributed by atoms with E-state index in [1.165, 1.54) is 5.56 Å². The lowest BCUT2D eigenvalue weighted by molar-refractivity contribution is -0.121. The van der Waals surface area contributed by atoms with Crippen molar-refractivity contribution in [2.75, 3.05) is 26.7 Å². The lowest BCUT2D eigenvalue weighted by Crippen LogP contribution is -2.38. The van der Waals surface area contributed by atoms with Crippen LogP contribution < -0.4 is 10.1 Å². The van der Waals surface area contributed by atoms with E-state index in [0.717, 1.165) is 49.6 Å². The fourth-order valence-electron chi connectivity index (χ4n) is 3.77. The summed E-state index contributed by atoms with van der Waals surface area (Å²) in [5, 5.41) is 9.03. The summed E-state index contributed by atoms with van der Waals surface area (Å²) in [6, 6.07) is 12.2. The summed E-state index contributed by atoms with van der Waals surface area (Å²) in [6.07, 6.45) is 3.03. The Morgan fingerprint density at radius 2 is 2.06 bits per heavy atom. The van der Waals surface area contributed by atoms with Crippen LogP contribution in [0.3, 0.4) is 0 Å². The summed E-state index contributed by atoms with van der Waals surface area (Å²) in [6.45, 7) is 3.81. The van der Waals surface area contributed by atoms with Gasteiger partial charge in [0.2, 0.25) is 17.6 Å². The highest BCUT2D eigenvalue weighted by Crippen LogP contribution is 2.22. The quantitative estimate of drug-likeness (QED) is 0.546. The molecule has 1 amide bonds. The van der Waals surface area contributed by atoms with Crippen LogP contribution in [0.2, 0.25) is 0 Å². The van der Waals surface area contributed by atoms with E-state index in [2.05, 4.69) is 32.5 Å². The van der Waals surface area contributed by atoms with Crippen molar-refractivity contribution in [1.82, 2.24) is 20.4 Å². The second-order valence-electron chi connectivity index (χ2n) is 7.86. The normalized spacial score (nSPS) is 15.1. The number of nitrogens with one attached hydrogen (secondary N) is 1. The number of likely N-dealkylation sites (tertiary alicyclic amines) is 1. The van der Waals surface area contributed by atoms with Crippen molar-refractivity contribution in [3.05, 3.63) is 53.2 Å². The van der Waals surface area contributed by atoms with Crippen LogP contribution in [0, 0.1) is 5.92 Å². The van der Waals surface area contributed by atoms with E-state index < -0.39 is 0 Å². The molecule has 31 heavy (non-hydrogen) atoms. The van der Waals surface area contributed by atoms with Crippen molar-refractivity contribution in [2.24, 2.45) is 5.92 Å². The molecule has 7 nitrogen and oxygen atoms in total. The number of hydrogen-bond acceptors (Lipinski definition) is 7. The van der Waals surface area contributed by atoms with E-state index >= 15 is 0 Å². The molecule has 0 bridgehead atoms. The maximum absolute atomic E-state index is 12.2. The molecule has 0 saturated carbocycles. The van der Waals surface area contributed by atoms with Crippen LogP contribution in [0.4, 0.5) is 0 Å². The number of ether oxygens (including phenoxy) is 1. The summed E-state index contributed by atoms with van der Waals surface area (Å²) < 4.78 is 10.5. The number of carbonyl (C=O) groups excluding carboxylic acids is 1. The Morgan fingerprint density at radius 3 is 2.77 bits per heavy atom. The minimum Gasteiger partial charge on any atom is -0.497 e. The maximum Gasteiger partial charge on any atom is 0.227 e. The zero-order chi connectivity index (χ0) is 21.5. The number of rotatable bonds is 9. The number of aryl methyl sites for hydroxylation is 1. The van der Waals surface area contributed by atoms with Crippen molar-refractivity contribution < 1.29 is 14.1 Å². The standard InChI is InChI=1S/C23H28N4O3S/c1-29-19-6-4-18(5-7-19)16-27-12-10-17(11-13-27)15-24-21(28)8-9-22-25-23(26-30-22)20-3-2-14-31-20/h2-7,14,17H,8-13,15-16H2,1H3,(H,24,28). The van der Waals surface area contributed by atoms with Gasteiger partial charge in [0.05, 0.1) is 12.0 Å². The maximum atomic E-state index is 12.2. The number of aromatic nitrogens is 2. The van der Waals surface area contributed by atoms with Crippen LogP contribution in [0.5, 0.6) is 5.75 Å². The number of amides is 1. The zero-order valence-electron chi connectivity index (χ0n) is 17.8. The monoisotopic (exact) mass is 440 g/mol. The first-order valence-electron chi connectivity index (χ1n) is 10.7. The average Bonchev–Trinajstić information content (AvgIpc) is 3.50. The van der Waals surface area contributed by atoms with Crippen LogP contribution in [-0.2, 0) is 17.8 Å². The van der Waals surface area contributed by atoms with Gasteiger partial charge in [0.25, 0.3) is 0 Å². The van der Waals surface area contributed by atoms with E-state index in [0.29, 0.717) is 30.5 Å². The zero-order valence-corrected chi connectivity index (χ0v) is 18.6. The first-order valence-corrected chi connectivity index (χ1v) is 11.6. The van der Waals surface area contributed by atoms with E-state index in [-0.39, 0.29) is 5.91 Å². The Kier molecular flexibility index (Phi) is 7.32. The molecule has 3 heterocycles. The van der Waals surface area contributed by atoms with Gasteiger partial charge in [-0.05, 0) is 61.0 Å². The number of hydrogen-bond donors (Lipinski definition) is 1. The lowest BCUT2D eigenvalue weighted by atomic mass is 9.96. The molecule has 1 aliphatic heterocycles. The molecule has 0 spiro atoms. The molecule has 0 unspecified atom stereocenters. The molecule has 0 aliphatic carbocycles. The molecule has 0 radical (unpaired) electrons. The van der Waals surface area contributed by atoms with Gasteiger partial charge in [-0.25, -0.2) is 0 Å². The van der Waals surface area contributed by atoms with E-state index in [1.54, 1.807) is 18.4 Å². The van der Waals surface area contributed by atoms with Gasteiger partial charge in [0.15, 0.2) is 0 Å². The number of piperidine rings is 1. The summed E-state index contributed by atoms with van der Waals surface area (Å²) in [5.41, 5.74) is 1.30. The summed E-state index contributed by atoms with van der Waals surface area (Å²) in [5.74, 6) is 2.55. The first-order chi connectivity index (χ1) is 15.2. The fourth-order valence-corrected chi connectivity index (χ4v) is 4.42. The van der Waals surface area contributed by atoms with E-state index in [1.807, 2.05) is 29.6 Å². The van der Waals surface area contributed by atoms with Crippen molar-refractivity contribution in [3.63, 3.8) is 0 Å². The molecule has 3 aromatic rings. The van der Waals surface area contributed by atoms with Crippen molar-refractivity contribution in [3.8, 4) is 16.5 Å². The summed E-state index contributed by atoms with van der Waals surface area (Å²) >= 11 is 1.57. The molecule has 1 fully saturated rings. The SMILES string of the molecule is COc1ccc(CN2CCC(CNC(=O)CCc3nc(-c4cccs4)no3)CC2)cc1. The molecule has 1 saturated heterocycles. The third kappa shape index (κ3) is 6.15. The van der Waals surface area contributed by atoms with Crippen molar-refractivity contribution in [1.29, 1.82) is 0 Å². The van der Waals surface area contributed by atoms with Gasteiger partial charge < -0.3 is 14.6 Å². The van der Waals surface area contributed by atoms with Crippen LogP contribution in [0.25, 0.3) is 10.7 Å². The molecular formula is C23H28N4O3S. The smallest absolute Gasteiger partial charge is 0.227 e. The second kappa shape index (κ2) is 10.5. The average molecular weight is 441 g/mol. The van der Waals surface area contributed by atoms with E-state index in [4.69, 9.17) is 9.26 Å². The third-order valence-corrected chi connectivity index (χ3v) is 6.50. The number of thiophene rings is 1. The number of nitrogens with zero attached hydrogens (tertiary/aromatic N) is 3. The molecular weight excluding hydrogens is 412 g/mol. The van der Waals surface area contributed by atoms with Crippen molar-refractivity contribution >= 4 is 17.2 Å². The molecule has 164 valence electrons. The molecule has 1 N–H and O–H groups in total. The van der Waals surface area contributed by atoms with Gasteiger partial charge in [0.1, 0.15) is 5.75 Å². The summed E-state index contributed by atoms with van der Waals surface area (Å²) in [4.78, 5) is 20.0. The number of methoxy groups -OCH3 is 1. The van der Waals surface area contributed by atoms with Gasteiger partial charge in [-0.2, -0.15) is 4.98 Å². The topological polar surface area (TPSA) is 80.5 Å². The Bertz CT molecular complexity index is 948. The Labute approximate surface area is 186 Å². The largest absolute Gasteiger partial charge is 0.497 e. The second-order valence-corrected chi connectivity index (χ2v) is 8.81. The molecule has 2 aromatic heterocycles. The van der Waals surface area contributed by atoms with Gasteiger partial charge in [-0.15, -0.1) is 11.3 Å². The predicted molar refractivity (Wildman–Crippen MR) is 120 cm³/mol. The highest BCUT2D eigenvalue weighted by molar-refractivity contribution is 7.13. The predicted octanol–water partition coefficient (Wildman–Crippen LogP) is 3.77. The van der Waals surface area contributed by atoms with Crippen LogP contribution >= 0.6 is 11.3 Å². The fraction of sp³-hybridized carbons (Fsp3) is 0.435. The van der Waals surface area contributed by atoms with Gasteiger partial charge in [-0.1, -0.05) is 23.4 Å². The van der Waals surface area contributed by atoms with E-state index in [9.17, 15) is 4.79 Å². The highest BCUT2D eigenvalue weighted by atomic mass is 32.1. The Morgan fingerprint density at radius 1 is 1.26 bits per heavy atom. The molecule has 8 heteroatoms. The molecule has 4 rings (SSSR count). The highest BCUT2D eigenvalue weighted by Gasteiger charge is 2.20. The summed E-state index contributed by atoms with van der Waals surface area (Å²) in [7, 11) is 1.69. The molecule has 0 atom stereocenters. The minimum atomic E-state index is 0.0385. The molecule has 1 aromatic carbocycles. The van der Waals surface area contributed by atoms with Crippen LogP contribution in [0.15, 0.2) is 46.3 Å². The van der Waals surface area contributed by atoms with Crippen LogP contribution in [0.1, 0.15) is 30.7 Å². The lowest BCUT2D eigenvalue weighted by Gasteiger charge is -2.32. The first kappa shape index (κ1) is 21.5. The van der Waals surface area contributed by atoms with Crippen molar-refractivity contribution in [2.45, 2.75) is 32.2 Å². The number of carbonyl (C=O) groups is 1. The Balaban J connectivity index is 1.13. The van der Waals surface area contributed by atoms with Crippen LogP contribution in [-0.4, -0.2) is 47.7 Å².